The number of amides is 1. The Labute approximate surface area is 99.4 Å². The van der Waals surface area contributed by atoms with Gasteiger partial charge >= 0.3 is 0 Å². The Morgan fingerprint density at radius 2 is 2.47 bits per heavy atom. The Kier molecular flexibility index (Phi) is 2.76. The maximum Gasteiger partial charge on any atom is 0.246 e. The Hall–Kier alpha value is -0.930. The average molecular weight is 286 g/mol. The molecule has 0 saturated heterocycles. The van der Waals surface area contributed by atoms with E-state index in [-0.39, 0.29) is 5.91 Å². The van der Waals surface area contributed by atoms with Gasteiger partial charge in [0.2, 0.25) is 5.91 Å². The quantitative estimate of drug-likeness (QED) is 0.908. The van der Waals surface area contributed by atoms with Crippen molar-refractivity contribution in [3.05, 3.63) is 9.98 Å². The van der Waals surface area contributed by atoms with E-state index in [1.165, 1.54) is 11.3 Å². The topological polar surface area (TPSA) is 65.8 Å². The molecule has 15 heavy (non-hydrogen) atoms. The van der Waals surface area contributed by atoms with Crippen LogP contribution in [0.25, 0.3) is 0 Å². The van der Waals surface area contributed by atoms with Crippen molar-refractivity contribution in [1.82, 2.24) is 4.98 Å². The van der Waals surface area contributed by atoms with Gasteiger partial charge in [-0.3, -0.25) is 4.79 Å². The van der Waals surface area contributed by atoms with E-state index in [0.29, 0.717) is 18.0 Å². The zero-order chi connectivity index (χ0) is 10.9. The maximum absolute atomic E-state index is 11.8. The van der Waals surface area contributed by atoms with E-state index < -0.39 is 5.41 Å². The van der Waals surface area contributed by atoms with Gasteiger partial charge < -0.3 is 5.32 Å². The first-order valence-electron chi connectivity index (χ1n) is 4.50. The fourth-order valence-electron chi connectivity index (χ4n) is 1.45. The first-order chi connectivity index (χ1) is 7.16. The van der Waals surface area contributed by atoms with Gasteiger partial charge in [0.05, 0.1) is 16.1 Å². The molecule has 6 heteroatoms. The second-order valence-electron chi connectivity index (χ2n) is 3.47. The second kappa shape index (κ2) is 3.91. The lowest BCUT2D eigenvalue weighted by molar-refractivity contribution is -0.126. The van der Waals surface area contributed by atoms with Crippen LogP contribution in [0.1, 0.15) is 19.3 Å². The van der Waals surface area contributed by atoms with Crippen molar-refractivity contribution >= 4 is 38.3 Å². The van der Waals surface area contributed by atoms with Crippen LogP contribution in [0.3, 0.4) is 0 Å². The van der Waals surface area contributed by atoms with Gasteiger partial charge in [0, 0.05) is 0 Å². The van der Waals surface area contributed by atoms with Crippen LogP contribution in [0.15, 0.2) is 9.98 Å². The molecule has 1 aromatic heterocycles. The molecule has 0 atom stereocenters. The molecule has 1 N–H and O–H groups in total. The van der Waals surface area contributed by atoms with E-state index in [2.05, 4.69) is 32.3 Å². The zero-order valence-corrected chi connectivity index (χ0v) is 10.2. The van der Waals surface area contributed by atoms with Gasteiger partial charge in [-0.05, 0) is 35.2 Å². The minimum absolute atomic E-state index is 0.224. The number of carbonyl (C=O) groups is 1. The number of rotatable bonds is 2. The summed E-state index contributed by atoms with van der Waals surface area (Å²) in [6.07, 6.45) is 3.88. The van der Waals surface area contributed by atoms with Crippen molar-refractivity contribution in [2.75, 3.05) is 5.32 Å². The van der Waals surface area contributed by atoms with Crippen molar-refractivity contribution in [2.24, 2.45) is 5.41 Å². The number of aromatic nitrogens is 1. The molecule has 1 aliphatic carbocycles. The normalized spacial score (nSPS) is 17.6. The molecular formula is C9H8BrN3OS. The van der Waals surface area contributed by atoms with E-state index in [1.807, 2.05) is 0 Å². The molecule has 0 unspecified atom stereocenters. The third-order valence-electron chi connectivity index (χ3n) is 2.55. The summed E-state index contributed by atoms with van der Waals surface area (Å²) in [5, 5.41) is 12.2. The summed E-state index contributed by atoms with van der Waals surface area (Å²) in [4.78, 5) is 15.8. The van der Waals surface area contributed by atoms with Crippen LogP contribution >= 0.6 is 27.3 Å². The third-order valence-corrected chi connectivity index (χ3v) is 3.95. The highest BCUT2D eigenvalue weighted by atomic mass is 79.9. The molecule has 0 radical (unpaired) electrons. The molecule has 0 spiro atoms. The van der Waals surface area contributed by atoms with Crippen LogP contribution < -0.4 is 5.32 Å². The summed E-state index contributed by atoms with van der Waals surface area (Å²) in [7, 11) is 0. The smallest absolute Gasteiger partial charge is 0.246 e. The summed E-state index contributed by atoms with van der Waals surface area (Å²) in [5.74, 6) is -0.224. The number of thiazole rings is 1. The van der Waals surface area contributed by atoms with Crippen LogP contribution in [0.5, 0.6) is 0 Å². The predicted molar refractivity (Wildman–Crippen MR) is 60.3 cm³/mol. The van der Waals surface area contributed by atoms with Gasteiger partial charge in [-0.1, -0.05) is 11.3 Å². The van der Waals surface area contributed by atoms with Crippen molar-refractivity contribution in [3.8, 4) is 6.07 Å². The van der Waals surface area contributed by atoms with Gasteiger partial charge in [0.25, 0.3) is 0 Å². The summed E-state index contributed by atoms with van der Waals surface area (Å²) in [6, 6.07) is 2.09. The standard InChI is InChI=1S/C9H8BrN3OS/c10-6-4-12-8(15-6)13-7(14)9(5-11)2-1-3-9/h4H,1-3H2,(H,12,13,14). The minimum Gasteiger partial charge on any atom is -0.301 e. The highest BCUT2D eigenvalue weighted by molar-refractivity contribution is 9.11. The summed E-state index contributed by atoms with van der Waals surface area (Å²) < 4.78 is 0.859. The molecule has 0 bridgehead atoms. The van der Waals surface area contributed by atoms with E-state index in [0.717, 1.165) is 10.2 Å². The van der Waals surface area contributed by atoms with E-state index >= 15 is 0 Å². The predicted octanol–water partition coefficient (Wildman–Crippen LogP) is 2.54. The number of nitriles is 1. The lowest BCUT2D eigenvalue weighted by Gasteiger charge is -2.32. The highest BCUT2D eigenvalue weighted by Gasteiger charge is 2.44. The van der Waals surface area contributed by atoms with Crippen LogP contribution in [0.2, 0.25) is 0 Å². The number of anilines is 1. The molecule has 1 aliphatic rings. The van der Waals surface area contributed by atoms with Crippen molar-refractivity contribution in [3.63, 3.8) is 0 Å². The molecular weight excluding hydrogens is 278 g/mol. The Bertz CT molecular complexity index is 433. The zero-order valence-electron chi connectivity index (χ0n) is 7.79. The Balaban J connectivity index is 2.07. The third kappa shape index (κ3) is 1.90. The Morgan fingerprint density at radius 1 is 1.73 bits per heavy atom. The SMILES string of the molecule is N#CC1(C(=O)Nc2ncc(Br)s2)CCC1. The molecule has 1 fully saturated rings. The van der Waals surface area contributed by atoms with Crippen LogP contribution in [0, 0.1) is 16.7 Å². The fraction of sp³-hybridized carbons (Fsp3) is 0.444. The lowest BCUT2D eigenvalue weighted by atomic mass is 9.69. The maximum atomic E-state index is 11.8. The minimum atomic E-state index is -0.807. The van der Waals surface area contributed by atoms with Crippen LogP contribution in [0.4, 0.5) is 5.13 Å². The summed E-state index contributed by atoms with van der Waals surface area (Å²) in [6.45, 7) is 0. The van der Waals surface area contributed by atoms with Crippen molar-refractivity contribution < 1.29 is 4.79 Å². The highest BCUT2D eigenvalue weighted by Crippen LogP contribution is 2.41. The molecule has 4 nitrogen and oxygen atoms in total. The van der Waals surface area contributed by atoms with E-state index in [1.54, 1.807) is 6.20 Å². The van der Waals surface area contributed by atoms with Gasteiger partial charge in [-0.15, -0.1) is 0 Å². The monoisotopic (exact) mass is 285 g/mol. The average Bonchev–Trinajstić information content (AvgIpc) is 2.50. The van der Waals surface area contributed by atoms with Crippen LogP contribution in [-0.4, -0.2) is 10.9 Å². The largest absolute Gasteiger partial charge is 0.301 e. The number of hydrogen-bond acceptors (Lipinski definition) is 4. The number of carbonyl (C=O) groups excluding carboxylic acids is 1. The molecule has 1 saturated carbocycles. The Morgan fingerprint density at radius 3 is 2.87 bits per heavy atom. The van der Waals surface area contributed by atoms with E-state index in [9.17, 15) is 4.79 Å². The molecule has 0 aliphatic heterocycles. The van der Waals surface area contributed by atoms with Gasteiger partial charge in [-0.2, -0.15) is 5.26 Å². The first-order valence-corrected chi connectivity index (χ1v) is 6.11. The van der Waals surface area contributed by atoms with Crippen LogP contribution in [-0.2, 0) is 4.79 Å². The van der Waals surface area contributed by atoms with Gasteiger partial charge in [0.1, 0.15) is 5.41 Å². The second-order valence-corrected chi connectivity index (χ2v) is 5.88. The lowest BCUT2D eigenvalue weighted by Crippen LogP contribution is -2.40. The summed E-state index contributed by atoms with van der Waals surface area (Å²) >= 11 is 4.60. The first kappa shape index (κ1) is 10.6. The van der Waals surface area contributed by atoms with Gasteiger partial charge in [-0.25, -0.2) is 4.98 Å². The van der Waals surface area contributed by atoms with Crippen molar-refractivity contribution in [1.29, 1.82) is 5.26 Å². The number of nitrogens with zero attached hydrogens (tertiary/aromatic N) is 2. The molecule has 1 heterocycles. The number of nitrogens with one attached hydrogen (secondary N) is 1. The molecule has 2 rings (SSSR count). The molecule has 78 valence electrons. The number of halogens is 1. The molecule has 1 aromatic rings. The van der Waals surface area contributed by atoms with E-state index in [4.69, 9.17) is 5.26 Å². The number of hydrogen-bond donors (Lipinski definition) is 1. The van der Waals surface area contributed by atoms with Gasteiger partial charge in [0.15, 0.2) is 5.13 Å². The molecule has 0 aromatic carbocycles. The fourth-order valence-corrected chi connectivity index (χ4v) is 2.55. The summed E-state index contributed by atoms with van der Waals surface area (Å²) in [5.41, 5.74) is -0.807. The van der Waals surface area contributed by atoms with Crippen molar-refractivity contribution in [2.45, 2.75) is 19.3 Å². The molecule has 1 amide bonds.